The topological polar surface area (TPSA) is 66.5 Å². The Balaban J connectivity index is 3.01. The third-order valence-electron chi connectivity index (χ3n) is 1.93. The van der Waals surface area contributed by atoms with Crippen molar-refractivity contribution in [3.8, 4) is 0 Å². The summed E-state index contributed by atoms with van der Waals surface area (Å²) in [5.74, 6) is -0.594. The second-order valence-corrected chi connectivity index (χ2v) is 3.56. The van der Waals surface area contributed by atoms with Crippen LogP contribution in [0.15, 0.2) is 18.2 Å². The van der Waals surface area contributed by atoms with E-state index in [0.29, 0.717) is 0 Å². The quantitative estimate of drug-likeness (QED) is 0.567. The lowest BCUT2D eigenvalue weighted by Crippen LogP contribution is -2.20. The molecule has 0 aromatic heterocycles. The summed E-state index contributed by atoms with van der Waals surface area (Å²) in [6.45, 7) is 0. The van der Waals surface area contributed by atoms with Gasteiger partial charge < -0.3 is 15.9 Å². The highest BCUT2D eigenvalue weighted by atomic mass is 79.9. The van der Waals surface area contributed by atoms with E-state index in [2.05, 4.69) is 15.9 Å². The first kappa shape index (κ1) is 11.4. The van der Waals surface area contributed by atoms with Crippen molar-refractivity contribution in [2.45, 2.75) is 12.2 Å². The van der Waals surface area contributed by atoms with Gasteiger partial charge in [0.1, 0.15) is 11.9 Å². The maximum atomic E-state index is 13.0. The first-order valence-corrected chi connectivity index (χ1v) is 5.16. The predicted molar refractivity (Wildman–Crippen MR) is 55.6 cm³/mol. The van der Waals surface area contributed by atoms with Crippen LogP contribution >= 0.6 is 15.9 Å². The zero-order valence-corrected chi connectivity index (χ0v) is 8.91. The molecule has 1 aromatic carbocycles. The Morgan fingerprint density at radius 1 is 1.43 bits per heavy atom. The summed E-state index contributed by atoms with van der Waals surface area (Å²) in [6.07, 6.45) is -2.18. The molecular weight excluding hydrogens is 253 g/mol. The number of alkyl halides is 1. The number of nitrogens with two attached hydrogens (primary N) is 1. The number of aliphatic hydroxyl groups excluding tert-OH is 2. The summed E-state index contributed by atoms with van der Waals surface area (Å²) in [7, 11) is 0. The second kappa shape index (κ2) is 4.72. The molecule has 0 heterocycles. The lowest BCUT2D eigenvalue weighted by atomic mass is 10.0. The maximum Gasteiger partial charge on any atom is 0.146 e. The van der Waals surface area contributed by atoms with Gasteiger partial charge in [-0.2, -0.15) is 0 Å². The van der Waals surface area contributed by atoms with Crippen LogP contribution in [0.3, 0.4) is 0 Å². The van der Waals surface area contributed by atoms with Gasteiger partial charge in [-0.15, -0.1) is 0 Å². The monoisotopic (exact) mass is 263 g/mol. The predicted octanol–water partition coefficient (Wildman–Crippen LogP) is 1.20. The standard InChI is InChI=1S/C9H11BrFNO2/c10-4-7(13)9(14)5-2-1-3-6(11)8(5)12/h1-3,7,9,13-14H,4,12H2. The van der Waals surface area contributed by atoms with Crippen LogP contribution in [0.5, 0.6) is 0 Å². The van der Waals surface area contributed by atoms with Gasteiger partial charge in [0.2, 0.25) is 0 Å². The normalized spacial score (nSPS) is 15.1. The highest BCUT2D eigenvalue weighted by molar-refractivity contribution is 9.09. The SMILES string of the molecule is Nc1c(F)cccc1C(O)C(O)CBr. The number of anilines is 1. The van der Waals surface area contributed by atoms with Crippen LogP contribution in [0.4, 0.5) is 10.1 Å². The summed E-state index contributed by atoms with van der Waals surface area (Å²) in [6, 6.07) is 4.12. The van der Waals surface area contributed by atoms with Gasteiger partial charge in [-0.3, -0.25) is 0 Å². The first-order chi connectivity index (χ1) is 6.57. The highest BCUT2D eigenvalue weighted by Gasteiger charge is 2.20. The number of aliphatic hydroxyl groups is 2. The molecule has 0 bridgehead atoms. The molecule has 3 nitrogen and oxygen atoms in total. The van der Waals surface area contributed by atoms with Crippen LogP contribution in [-0.4, -0.2) is 21.6 Å². The number of nitrogen functional groups attached to an aromatic ring is 1. The molecule has 0 amide bonds. The highest BCUT2D eigenvalue weighted by Crippen LogP contribution is 2.25. The van der Waals surface area contributed by atoms with E-state index in [1.807, 2.05) is 0 Å². The van der Waals surface area contributed by atoms with Crippen LogP contribution in [0.25, 0.3) is 0 Å². The van der Waals surface area contributed by atoms with Crippen molar-refractivity contribution in [2.75, 3.05) is 11.1 Å². The molecule has 0 spiro atoms. The summed E-state index contributed by atoms with van der Waals surface area (Å²) in [4.78, 5) is 0. The van der Waals surface area contributed by atoms with E-state index in [0.717, 1.165) is 0 Å². The molecule has 1 aromatic rings. The molecule has 2 atom stereocenters. The van der Waals surface area contributed by atoms with E-state index < -0.39 is 18.0 Å². The fourth-order valence-electron chi connectivity index (χ4n) is 1.10. The minimum absolute atomic E-state index is 0.125. The van der Waals surface area contributed by atoms with Crippen LogP contribution in [0, 0.1) is 5.82 Å². The number of para-hydroxylation sites is 1. The molecule has 0 aliphatic carbocycles. The average Bonchev–Trinajstić information content (AvgIpc) is 2.20. The Morgan fingerprint density at radius 3 is 2.64 bits per heavy atom. The molecule has 0 saturated heterocycles. The summed E-state index contributed by atoms with van der Waals surface area (Å²) >= 11 is 3.01. The third kappa shape index (κ3) is 2.23. The molecule has 0 aliphatic rings. The number of halogens is 2. The summed E-state index contributed by atoms with van der Waals surface area (Å²) in [5.41, 5.74) is 5.50. The molecule has 0 aliphatic heterocycles. The van der Waals surface area contributed by atoms with E-state index in [1.54, 1.807) is 0 Å². The number of benzene rings is 1. The first-order valence-electron chi connectivity index (χ1n) is 4.04. The van der Waals surface area contributed by atoms with Gasteiger partial charge in [-0.1, -0.05) is 28.1 Å². The van der Waals surface area contributed by atoms with Gasteiger partial charge in [0, 0.05) is 10.9 Å². The maximum absolute atomic E-state index is 13.0. The van der Waals surface area contributed by atoms with Crippen molar-refractivity contribution in [3.63, 3.8) is 0 Å². The van der Waals surface area contributed by atoms with Crippen LogP contribution in [0.1, 0.15) is 11.7 Å². The van der Waals surface area contributed by atoms with Crippen molar-refractivity contribution >= 4 is 21.6 Å². The number of hydrogen-bond donors (Lipinski definition) is 3. The van der Waals surface area contributed by atoms with Crippen molar-refractivity contribution < 1.29 is 14.6 Å². The minimum atomic E-state index is -1.18. The van der Waals surface area contributed by atoms with E-state index in [9.17, 15) is 14.6 Å². The Bertz CT molecular complexity index is 322. The molecular formula is C9H11BrFNO2. The zero-order chi connectivity index (χ0) is 10.7. The molecule has 4 N–H and O–H groups in total. The minimum Gasteiger partial charge on any atom is -0.396 e. The van der Waals surface area contributed by atoms with Crippen LogP contribution in [0.2, 0.25) is 0 Å². The molecule has 14 heavy (non-hydrogen) atoms. The lowest BCUT2D eigenvalue weighted by molar-refractivity contribution is 0.0346. The van der Waals surface area contributed by atoms with Gasteiger partial charge >= 0.3 is 0 Å². The van der Waals surface area contributed by atoms with Crippen molar-refractivity contribution in [1.29, 1.82) is 0 Å². The lowest BCUT2D eigenvalue weighted by Gasteiger charge is -2.17. The van der Waals surface area contributed by atoms with E-state index in [-0.39, 0.29) is 16.6 Å². The van der Waals surface area contributed by atoms with E-state index in [1.165, 1.54) is 18.2 Å². The summed E-state index contributed by atoms with van der Waals surface area (Å²) < 4.78 is 13.0. The average molecular weight is 264 g/mol. The molecule has 78 valence electrons. The Hall–Kier alpha value is -0.650. The zero-order valence-electron chi connectivity index (χ0n) is 7.32. The van der Waals surface area contributed by atoms with Gasteiger partial charge in [0.05, 0.1) is 11.8 Å². The fraction of sp³-hybridized carbons (Fsp3) is 0.333. The largest absolute Gasteiger partial charge is 0.396 e. The molecule has 5 heteroatoms. The van der Waals surface area contributed by atoms with E-state index >= 15 is 0 Å². The Labute approximate surface area is 89.5 Å². The van der Waals surface area contributed by atoms with Gasteiger partial charge in [-0.25, -0.2) is 4.39 Å². The molecule has 0 radical (unpaired) electrons. The summed E-state index contributed by atoms with van der Waals surface area (Å²) in [5, 5.41) is 19.1. The van der Waals surface area contributed by atoms with Crippen LogP contribution in [-0.2, 0) is 0 Å². The molecule has 0 saturated carbocycles. The molecule has 0 fully saturated rings. The van der Waals surface area contributed by atoms with Crippen molar-refractivity contribution in [3.05, 3.63) is 29.6 Å². The van der Waals surface area contributed by atoms with Gasteiger partial charge in [0.15, 0.2) is 0 Å². The number of hydrogen-bond acceptors (Lipinski definition) is 3. The van der Waals surface area contributed by atoms with Crippen molar-refractivity contribution in [2.24, 2.45) is 0 Å². The van der Waals surface area contributed by atoms with Crippen molar-refractivity contribution in [1.82, 2.24) is 0 Å². The fourth-order valence-corrected chi connectivity index (χ4v) is 1.46. The molecule has 1 rings (SSSR count). The second-order valence-electron chi connectivity index (χ2n) is 2.91. The van der Waals surface area contributed by atoms with E-state index in [4.69, 9.17) is 5.73 Å². The number of rotatable bonds is 3. The smallest absolute Gasteiger partial charge is 0.146 e. The Kier molecular flexibility index (Phi) is 3.86. The van der Waals surface area contributed by atoms with Crippen LogP contribution < -0.4 is 5.73 Å². The van der Waals surface area contributed by atoms with Gasteiger partial charge in [-0.05, 0) is 6.07 Å². The third-order valence-corrected chi connectivity index (χ3v) is 2.59. The Morgan fingerprint density at radius 2 is 2.07 bits per heavy atom. The van der Waals surface area contributed by atoms with Gasteiger partial charge in [0.25, 0.3) is 0 Å². The molecule has 2 unspecified atom stereocenters.